The molecule has 0 aromatic heterocycles. The minimum absolute atomic E-state index is 0.0599. The summed E-state index contributed by atoms with van der Waals surface area (Å²) < 4.78 is 0. The van der Waals surface area contributed by atoms with Crippen LogP contribution in [0.1, 0.15) is 32.3 Å². The molecule has 1 atom stereocenters. The van der Waals surface area contributed by atoms with Gasteiger partial charge in [-0.25, -0.2) is 0 Å². The molecule has 88 valence electrons. The molecule has 0 saturated carbocycles. The number of hydrogen-bond acceptors (Lipinski definition) is 1. The molecule has 0 fully saturated rings. The highest BCUT2D eigenvalue weighted by molar-refractivity contribution is 6.17. The van der Waals surface area contributed by atoms with E-state index in [0.29, 0.717) is 5.88 Å². The van der Waals surface area contributed by atoms with Crippen molar-refractivity contribution in [3.05, 3.63) is 29.8 Å². The van der Waals surface area contributed by atoms with Crippen LogP contribution in [0.4, 0.5) is 5.69 Å². The Morgan fingerprint density at radius 3 is 2.88 bits per heavy atom. The third-order valence-corrected chi connectivity index (χ3v) is 2.83. The Balaban J connectivity index is 2.61. The molecule has 1 N–H and O–H groups in total. The number of carbonyl (C=O) groups excluding carboxylic acids is 1. The normalized spacial score (nSPS) is 12.2. The van der Waals surface area contributed by atoms with E-state index in [0.717, 1.165) is 24.1 Å². The van der Waals surface area contributed by atoms with Gasteiger partial charge < -0.3 is 5.32 Å². The van der Waals surface area contributed by atoms with Gasteiger partial charge in [0.2, 0.25) is 5.91 Å². The summed E-state index contributed by atoms with van der Waals surface area (Å²) >= 11 is 5.74. The average Bonchev–Trinajstić information content (AvgIpc) is 2.29. The van der Waals surface area contributed by atoms with E-state index in [1.165, 1.54) is 0 Å². The van der Waals surface area contributed by atoms with Gasteiger partial charge in [0.15, 0.2) is 0 Å². The van der Waals surface area contributed by atoms with Crippen LogP contribution in [0.25, 0.3) is 0 Å². The first kappa shape index (κ1) is 13.0. The van der Waals surface area contributed by atoms with Crippen molar-refractivity contribution in [2.45, 2.75) is 32.6 Å². The summed E-state index contributed by atoms with van der Waals surface area (Å²) in [6.07, 6.45) is 1.94. The lowest BCUT2D eigenvalue weighted by Crippen LogP contribution is -2.20. The van der Waals surface area contributed by atoms with Crippen LogP contribution < -0.4 is 5.32 Å². The van der Waals surface area contributed by atoms with E-state index in [2.05, 4.69) is 12.2 Å². The van der Waals surface area contributed by atoms with Gasteiger partial charge in [-0.05, 0) is 24.1 Å². The Morgan fingerprint density at radius 1 is 1.50 bits per heavy atom. The van der Waals surface area contributed by atoms with Gasteiger partial charge in [0.25, 0.3) is 0 Å². The van der Waals surface area contributed by atoms with E-state index in [9.17, 15) is 4.79 Å². The molecule has 1 amide bonds. The fourth-order valence-electron chi connectivity index (χ4n) is 1.56. The molecule has 0 aliphatic carbocycles. The maximum absolute atomic E-state index is 11.8. The minimum Gasteiger partial charge on any atom is -0.326 e. The minimum atomic E-state index is 0.0599. The number of carbonyl (C=O) groups is 1. The zero-order valence-corrected chi connectivity index (χ0v) is 10.6. The van der Waals surface area contributed by atoms with Crippen LogP contribution in [0.15, 0.2) is 24.3 Å². The van der Waals surface area contributed by atoms with Gasteiger partial charge >= 0.3 is 0 Å². The number of anilines is 1. The van der Waals surface area contributed by atoms with E-state index in [1.807, 2.05) is 31.2 Å². The summed E-state index contributed by atoms with van der Waals surface area (Å²) in [7, 11) is 0. The van der Waals surface area contributed by atoms with Crippen LogP contribution in [0.2, 0.25) is 0 Å². The number of nitrogens with one attached hydrogen (secondary N) is 1. The van der Waals surface area contributed by atoms with Gasteiger partial charge in [0.1, 0.15) is 0 Å². The van der Waals surface area contributed by atoms with Gasteiger partial charge in [-0.2, -0.15) is 0 Å². The van der Waals surface area contributed by atoms with Crippen LogP contribution in [0.3, 0.4) is 0 Å². The summed E-state index contributed by atoms with van der Waals surface area (Å²) in [5.74, 6) is 0.604. The number of halogens is 1. The molecule has 1 aromatic carbocycles. The molecule has 0 saturated heterocycles. The fourth-order valence-corrected chi connectivity index (χ4v) is 1.73. The molecule has 3 heteroatoms. The Bertz CT molecular complexity index is 352. The molecule has 1 aromatic rings. The topological polar surface area (TPSA) is 29.1 Å². The second-order valence-corrected chi connectivity index (χ2v) is 4.28. The Labute approximate surface area is 102 Å². The predicted molar refractivity (Wildman–Crippen MR) is 68.7 cm³/mol. The van der Waals surface area contributed by atoms with Crippen LogP contribution >= 0.6 is 11.6 Å². The third kappa shape index (κ3) is 3.86. The van der Waals surface area contributed by atoms with Crippen LogP contribution in [-0.4, -0.2) is 5.91 Å². The van der Waals surface area contributed by atoms with E-state index in [4.69, 9.17) is 11.6 Å². The van der Waals surface area contributed by atoms with Gasteiger partial charge in [-0.15, -0.1) is 11.6 Å². The molecular formula is C13H18ClNO. The maximum atomic E-state index is 11.8. The van der Waals surface area contributed by atoms with Gasteiger partial charge in [-0.1, -0.05) is 32.4 Å². The molecule has 1 unspecified atom stereocenters. The lowest BCUT2D eigenvalue weighted by atomic mass is 10.1. The van der Waals surface area contributed by atoms with Crippen molar-refractivity contribution in [2.75, 3.05) is 5.32 Å². The summed E-state index contributed by atoms with van der Waals surface area (Å²) in [4.78, 5) is 11.8. The van der Waals surface area contributed by atoms with Crippen molar-refractivity contribution in [3.8, 4) is 0 Å². The van der Waals surface area contributed by atoms with Crippen molar-refractivity contribution >= 4 is 23.2 Å². The molecule has 0 spiro atoms. The lowest BCUT2D eigenvalue weighted by Gasteiger charge is -2.11. The molecule has 0 aliphatic rings. The molecule has 1 rings (SSSR count). The predicted octanol–water partition coefficient (Wildman–Crippen LogP) is 3.80. The molecule has 2 nitrogen and oxygen atoms in total. The van der Waals surface area contributed by atoms with Gasteiger partial charge in [0, 0.05) is 17.5 Å². The molecule has 0 heterocycles. The molecule has 0 bridgehead atoms. The van der Waals surface area contributed by atoms with E-state index < -0.39 is 0 Å². The van der Waals surface area contributed by atoms with E-state index in [-0.39, 0.29) is 11.8 Å². The number of amides is 1. The Hall–Kier alpha value is -1.02. The van der Waals surface area contributed by atoms with Gasteiger partial charge in [-0.3, -0.25) is 4.79 Å². The fraction of sp³-hybridized carbons (Fsp3) is 0.462. The van der Waals surface area contributed by atoms with E-state index in [1.54, 1.807) is 0 Å². The highest BCUT2D eigenvalue weighted by Crippen LogP contribution is 2.14. The van der Waals surface area contributed by atoms with Crippen LogP contribution in [-0.2, 0) is 10.7 Å². The molecule has 0 radical (unpaired) electrons. The number of alkyl halides is 1. The molecule has 16 heavy (non-hydrogen) atoms. The van der Waals surface area contributed by atoms with Gasteiger partial charge in [0.05, 0.1) is 0 Å². The highest BCUT2D eigenvalue weighted by Gasteiger charge is 2.11. The van der Waals surface area contributed by atoms with Crippen molar-refractivity contribution in [2.24, 2.45) is 5.92 Å². The second kappa shape index (κ2) is 6.54. The first-order valence-electron chi connectivity index (χ1n) is 5.63. The SMILES string of the molecule is CCCC(C)C(=O)Nc1cccc(CCl)c1. The Morgan fingerprint density at radius 2 is 2.25 bits per heavy atom. The zero-order valence-electron chi connectivity index (χ0n) is 9.79. The first-order chi connectivity index (χ1) is 7.67. The van der Waals surface area contributed by atoms with Crippen molar-refractivity contribution in [1.82, 2.24) is 0 Å². The summed E-state index contributed by atoms with van der Waals surface area (Å²) in [6.45, 7) is 4.03. The van der Waals surface area contributed by atoms with Crippen LogP contribution in [0, 0.1) is 5.92 Å². The first-order valence-corrected chi connectivity index (χ1v) is 6.16. The lowest BCUT2D eigenvalue weighted by molar-refractivity contribution is -0.119. The summed E-state index contributed by atoms with van der Waals surface area (Å²) in [6, 6.07) is 7.63. The third-order valence-electron chi connectivity index (χ3n) is 2.52. The quantitative estimate of drug-likeness (QED) is 0.778. The van der Waals surface area contributed by atoms with E-state index >= 15 is 0 Å². The monoisotopic (exact) mass is 239 g/mol. The molecule has 0 aliphatic heterocycles. The van der Waals surface area contributed by atoms with Crippen molar-refractivity contribution in [3.63, 3.8) is 0 Å². The van der Waals surface area contributed by atoms with Crippen molar-refractivity contribution in [1.29, 1.82) is 0 Å². The van der Waals surface area contributed by atoms with Crippen molar-refractivity contribution < 1.29 is 4.79 Å². The Kier molecular flexibility index (Phi) is 5.33. The zero-order chi connectivity index (χ0) is 12.0. The largest absolute Gasteiger partial charge is 0.326 e. The summed E-state index contributed by atoms with van der Waals surface area (Å²) in [5.41, 5.74) is 1.84. The maximum Gasteiger partial charge on any atom is 0.227 e. The number of hydrogen-bond donors (Lipinski definition) is 1. The average molecular weight is 240 g/mol. The highest BCUT2D eigenvalue weighted by atomic mass is 35.5. The number of rotatable bonds is 5. The second-order valence-electron chi connectivity index (χ2n) is 4.01. The smallest absolute Gasteiger partial charge is 0.227 e. The summed E-state index contributed by atoms with van der Waals surface area (Å²) in [5, 5.41) is 2.90. The standard InChI is InChI=1S/C13H18ClNO/c1-3-5-10(2)13(16)15-12-7-4-6-11(8-12)9-14/h4,6-8,10H,3,5,9H2,1-2H3,(H,15,16). The number of benzene rings is 1. The molecular weight excluding hydrogens is 222 g/mol. The van der Waals surface area contributed by atoms with Crippen LogP contribution in [0.5, 0.6) is 0 Å².